The maximum Gasteiger partial charge on any atom is 0.191 e. The molecular weight excluding hydrogens is 441 g/mol. The van der Waals surface area contributed by atoms with E-state index in [0.29, 0.717) is 12.1 Å². The Bertz CT molecular complexity index is 580. The molecule has 26 heavy (non-hydrogen) atoms. The lowest BCUT2D eigenvalue weighted by atomic mass is 9.94. The standard InChI is InChI=1S/C19H33N5O.HI/c1-4-20-19(21-12-17-7-5-6-10-25-17)22-16-9-8-15-13-24(14(2)3)23-18(15)11-16;/h13-14,16-17H,4-12H2,1-3H3,(H2,20,21,22);1H. The third kappa shape index (κ3) is 5.84. The lowest BCUT2D eigenvalue weighted by Crippen LogP contribution is -2.46. The Hall–Kier alpha value is -0.830. The summed E-state index contributed by atoms with van der Waals surface area (Å²) >= 11 is 0. The SMILES string of the molecule is CCNC(=NCC1CCCCO1)NC1CCc2cn(C(C)C)nc2C1.I. The average molecular weight is 475 g/mol. The van der Waals surface area contributed by atoms with Crippen LogP contribution in [0.4, 0.5) is 0 Å². The summed E-state index contributed by atoms with van der Waals surface area (Å²) in [7, 11) is 0. The second kappa shape index (κ2) is 10.5. The highest BCUT2D eigenvalue weighted by Crippen LogP contribution is 2.21. The summed E-state index contributed by atoms with van der Waals surface area (Å²) in [4.78, 5) is 4.76. The van der Waals surface area contributed by atoms with Crippen LogP contribution in [0.2, 0.25) is 0 Å². The smallest absolute Gasteiger partial charge is 0.191 e. The molecule has 2 N–H and O–H groups in total. The third-order valence-corrected chi connectivity index (χ3v) is 5.04. The van der Waals surface area contributed by atoms with Gasteiger partial charge in [0.1, 0.15) is 0 Å². The van der Waals surface area contributed by atoms with Gasteiger partial charge in [-0.2, -0.15) is 5.10 Å². The van der Waals surface area contributed by atoms with E-state index in [1.807, 2.05) is 0 Å². The normalized spacial score (nSPS) is 23.3. The van der Waals surface area contributed by atoms with Gasteiger partial charge in [-0.15, -0.1) is 24.0 Å². The Morgan fingerprint density at radius 3 is 2.92 bits per heavy atom. The van der Waals surface area contributed by atoms with Crippen LogP contribution in [-0.2, 0) is 17.6 Å². The monoisotopic (exact) mass is 475 g/mol. The number of hydrogen-bond donors (Lipinski definition) is 2. The lowest BCUT2D eigenvalue weighted by Gasteiger charge is -2.25. The second-order valence-corrected chi connectivity index (χ2v) is 7.47. The number of nitrogens with one attached hydrogen (secondary N) is 2. The molecule has 1 aliphatic heterocycles. The molecule has 2 atom stereocenters. The van der Waals surface area contributed by atoms with Crippen molar-refractivity contribution >= 4 is 29.9 Å². The van der Waals surface area contributed by atoms with Gasteiger partial charge in [0.15, 0.2) is 5.96 Å². The zero-order valence-electron chi connectivity index (χ0n) is 16.3. The zero-order chi connectivity index (χ0) is 17.6. The van der Waals surface area contributed by atoms with Crippen molar-refractivity contribution in [3.8, 4) is 0 Å². The van der Waals surface area contributed by atoms with Crippen LogP contribution in [0, 0.1) is 0 Å². The maximum atomic E-state index is 5.79. The highest BCUT2D eigenvalue weighted by atomic mass is 127. The summed E-state index contributed by atoms with van der Waals surface area (Å²) in [6.45, 7) is 8.97. The van der Waals surface area contributed by atoms with Gasteiger partial charge in [-0.3, -0.25) is 9.67 Å². The van der Waals surface area contributed by atoms with Gasteiger partial charge in [-0.25, -0.2) is 0 Å². The number of fused-ring (bicyclic) bond motifs is 1. The van der Waals surface area contributed by atoms with Gasteiger partial charge in [0.25, 0.3) is 0 Å². The third-order valence-electron chi connectivity index (χ3n) is 5.04. The van der Waals surface area contributed by atoms with E-state index in [1.165, 1.54) is 24.1 Å². The average Bonchev–Trinajstić information content (AvgIpc) is 3.04. The maximum absolute atomic E-state index is 5.79. The van der Waals surface area contributed by atoms with E-state index < -0.39 is 0 Å². The molecule has 0 radical (unpaired) electrons. The van der Waals surface area contributed by atoms with Crippen molar-refractivity contribution in [2.75, 3.05) is 19.7 Å². The molecule has 2 heterocycles. The van der Waals surface area contributed by atoms with Crippen LogP contribution in [0.25, 0.3) is 0 Å². The number of nitrogens with zero attached hydrogens (tertiary/aromatic N) is 3. The van der Waals surface area contributed by atoms with Gasteiger partial charge >= 0.3 is 0 Å². The van der Waals surface area contributed by atoms with Crippen molar-refractivity contribution in [1.82, 2.24) is 20.4 Å². The Balaban J connectivity index is 0.00000243. The fraction of sp³-hybridized carbons (Fsp3) is 0.789. The first kappa shape index (κ1) is 21.5. The van der Waals surface area contributed by atoms with Crippen LogP contribution < -0.4 is 10.6 Å². The number of rotatable bonds is 5. The fourth-order valence-corrected chi connectivity index (χ4v) is 3.56. The van der Waals surface area contributed by atoms with Crippen molar-refractivity contribution in [3.05, 3.63) is 17.5 Å². The van der Waals surface area contributed by atoms with Crippen LogP contribution >= 0.6 is 24.0 Å². The van der Waals surface area contributed by atoms with Crippen molar-refractivity contribution in [1.29, 1.82) is 0 Å². The zero-order valence-corrected chi connectivity index (χ0v) is 18.7. The van der Waals surface area contributed by atoms with Crippen LogP contribution in [0.3, 0.4) is 0 Å². The first-order valence-corrected chi connectivity index (χ1v) is 9.89. The topological polar surface area (TPSA) is 63.5 Å². The van der Waals surface area contributed by atoms with Crippen LogP contribution in [0.1, 0.15) is 63.8 Å². The van der Waals surface area contributed by atoms with Gasteiger partial charge < -0.3 is 15.4 Å². The molecule has 2 unspecified atom stereocenters. The van der Waals surface area contributed by atoms with Crippen LogP contribution in [0.5, 0.6) is 0 Å². The minimum absolute atomic E-state index is 0. The number of halogens is 1. The van der Waals surface area contributed by atoms with Crippen LogP contribution in [0.15, 0.2) is 11.2 Å². The molecule has 0 saturated carbocycles. The number of aryl methyl sites for hydroxylation is 1. The Morgan fingerprint density at radius 1 is 1.38 bits per heavy atom. The second-order valence-electron chi connectivity index (χ2n) is 7.47. The summed E-state index contributed by atoms with van der Waals surface area (Å²) in [5.74, 6) is 0.911. The minimum atomic E-state index is 0. The summed E-state index contributed by atoms with van der Waals surface area (Å²) in [5.41, 5.74) is 2.65. The molecule has 1 saturated heterocycles. The predicted molar refractivity (Wildman–Crippen MR) is 117 cm³/mol. The first-order chi connectivity index (χ1) is 12.2. The highest BCUT2D eigenvalue weighted by molar-refractivity contribution is 14.0. The molecule has 2 aliphatic rings. The summed E-state index contributed by atoms with van der Waals surface area (Å²) < 4.78 is 7.88. The van der Waals surface area contributed by atoms with Crippen molar-refractivity contribution in [2.45, 2.75) is 77.5 Å². The van der Waals surface area contributed by atoms with Gasteiger partial charge in [0, 0.05) is 37.9 Å². The molecular formula is C19H34IN5O. The van der Waals surface area contributed by atoms with Crippen LogP contribution in [-0.4, -0.2) is 47.6 Å². The molecule has 3 rings (SSSR count). The molecule has 148 valence electrons. The molecule has 1 fully saturated rings. The van der Waals surface area contributed by atoms with E-state index in [-0.39, 0.29) is 30.1 Å². The van der Waals surface area contributed by atoms with Gasteiger partial charge in [-0.05, 0) is 58.4 Å². The van der Waals surface area contributed by atoms with Gasteiger partial charge in [0.2, 0.25) is 0 Å². The summed E-state index contributed by atoms with van der Waals surface area (Å²) in [6, 6.07) is 0.819. The molecule has 7 heteroatoms. The molecule has 0 amide bonds. The van der Waals surface area contributed by atoms with Crippen molar-refractivity contribution < 1.29 is 4.74 Å². The van der Waals surface area contributed by atoms with Gasteiger partial charge in [-0.1, -0.05) is 0 Å². The van der Waals surface area contributed by atoms with Crippen molar-refractivity contribution in [3.63, 3.8) is 0 Å². The largest absolute Gasteiger partial charge is 0.376 e. The number of ether oxygens (including phenoxy) is 1. The number of guanidine groups is 1. The van der Waals surface area contributed by atoms with E-state index in [1.54, 1.807) is 0 Å². The fourth-order valence-electron chi connectivity index (χ4n) is 3.56. The molecule has 0 bridgehead atoms. The summed E-state index contributed by atoms with van der Waals surface area (Å²) in [5, 5.41) is 11.8. The molecule has 1 aromatic rings. The minimum Gasteiger partial charge on any atom is -0.376 e. The Labute approximate surface area is 174 Å². The molecule has 1 aliphatic carbocycles. The lowest BCUT2D eigenvalue weighted by molar-refractivity contribution is 0.0224. The van der Waals surface area contributed by atoms with E-state index >= 15 is 0 Å². The van der Waals surface area contributed by atoms with E-state index in [2.05, 4.69) is 42.3 Å². The molecule has 0 spiro atoms. The molecule has 6 nitrogen and oxygen atoms in total. The van der Waals surface area contributed by atoms with E-state index in [4.69, 9.17) is 14.8 Å². The molecule has 1 aromatic heterocycles. The van der Waals surface area contributed by atoms with E-state index in [0.717, 1.165) is 51.3 Å². The first-order valence-electron chi connectivity index (χ1n) is 9.89. The number of aromatic nitrogens is 2. The number of aliphatic imine (C=N–C) groups is 1. The van der Waals surface area contributed by atoms with Crippen molar-refractivity contribution in [2.24, 2.45) is 4.99 Å². The molecule has 0 aromatic carbocycles. The predicted octanol–water partition coefficient (Wildman–Crippen LogP) is 3.06. The van der Waals surface area contributed by atoms with E-state index in [9.17, 15) is 0 Å². The highest BCUT2D eigenvalue weighted by Gasteiger charge is 2.23. The summed E-state index contributed by atoms with van der Waals surface area (Å²) in [6.07, 6.45) is 9.26. The quantitative estimate of drug-likeness (QED) is 0.391. The Kier molecular flexibility index (Phi) is 8.66. The number of hydrogen-bond acceptors (Lipinski definition) is 3. The Morgan fingerprint density at radius 2 is 2.23 bits per heavy atom. The van der Waals surface area contributed by atoms with Gasteiger partial charge in [0.05, 0.1) is 18.3 Å².